The van der Waals surface area contributed by atoms with Crippen molar-refractivity contribution < 1.29 is 14.0 Å². The molecular formula is C23H23N5O3S2. The quantitative estimate of drug-likeness (QED) is 0.320. The minimum absolute atomic E-state index is 0.599. The highest BCUT2D eigenvalue weighted by atomic mass is 32.2. The summed E-state index contributed by atoms with van der Waals surface area (Å²) >= 11 is 3.03. The van der Waals surface area contributed by atoms with Crippen molar-refractivity contribution in [1.82, 2.24) is 19.2 Å². The van der Waals surface area contributed by atoms with Gasteiger partial charge in [-0.3, -0.25) is 4.68 Å². The first-order valence-electron chi connectivity index (χ1n) is 10.3. The lowest BCUT2D eigenvalue weighted by Crippen LogP contribution is -2.08. The molecule has 0 bridgehead atoms. The van der Waals surface area contributed by atoms with E-state index in [0.29, 0.717) is 23.7 Å². The zero-order chi connectivity index (χ0) is 22.8. The number of rotatable bonds is 9. The molecular weight excluding hydrogens is 458 g/mol. The summed E-state index contributed by atoms with van der Waals surface area (Å²) in [7, 11) is 3.30. The van der Waals surface area contributed by atoms with Gasteiger partial charge >= 0.3 is 0 Å². The van der Waals surface area contributed by atoms with Gasteiger partial charge < -0.3 is 18.7 Å². The van der Waals surface area contributed by atoms with E-state index in [1.54, 1.807) is 26.2 Å². The Bertz CT molecular complexity index is 1280. The van der Waals surface area contributed by atoms with Crippen LogP contribution >= 0.6 is 23.9 Å². The molecule has 1 N–H and O–H groups in total. The molecule has 33 heavy (non-hydrogen) atoms. The number of nitrogens with one attached hydrogen (secondary N) is 1. The third-order valence-electron chi connectivity index (χ3n) is 5.31. The smallest absolute Gasteiger partial charge is 0.191 e. The first-order chi connectivity index (χ1) is 16.2. The standard InChI is InChI=1S/C23H23N5O3S2/c1-4-32-28-13-16-12-27(24-17(16)14-28)11-15-9-19(30-3)22-20(10-15)31-25-23(22)26-33-21-8-6-5-7-18(21)29-2/h4-10,12H,1,11,13-14H2,2-3H3,(H,25,26). The van der Waals surface area contributed by atoms with Crippen LogP contribution in [0.2, 0.25) is 0 Å². The topological polar surface area (TPSA) is 77.6 Å². The van der Waals surface area contributed by atoms with Crippen LogP contribution in [0.25, 0.3) is 11.0 Å². The Hall–Kier alpha value is -3.08. The fraction of sp³-hybridized carbons (Fsp3) is 0.217. The zero-order valence-corrected chi connectivity index (χ0v) is 19.9. The number of benzene rings is 2. The van der Waals surface area contributed by atoms with E-state index in [1.807, 2.05) is 46.5 Å². The molecule has 0 saturated carbocycles. The second-order valence-corrected chi connectivity index (χ2v) is 9.33. The summed E-state index contributed by atoms with van der Waals surface area (Å²) in [6, 6.07) is 11.8. The van der Waals surface area contributed by atoms with Crippen LogP contribution in [0.15, 0.2) is 64.0 Å². The van der Waals surface area contributed by atoms with Crippen LogP contribution in [0.4, 0.5) is 5.82 Å². The van der Waals surface area contributed by atoms with E-state index in [4.69, 9.17) is 19.1 Å². The zero-order valence-electron chi connectivity index (χ0n) is 18.3. The van der Waals surface area contributed by atoms with Crippen molar-refractivity contribution in [3.05, 3.63) is 71.4 Å². The molecule has 1 aliphatic rings. The molecule has 0 spiro atoms. The number of para-hydroxylation sites is 1. The fourth-order valence-corrected chi connectivity index (χ4v) is 5.21. The maximum atomic E-state index is 5.68. The van der Waals surface area contributed by atoms with Gasteiger partial charge in [-0.2, -0.15) is 5.10 Å². The Kier molecular flexibility index (Phi) is 6.21. The average molecular weight is 482 g/mol. The number of methoxy groups -OCH3 is 2. The fourth-order valence-electron chi connectivity index (χ4n) is 3.85. The van der Waals surface area contributed by atoms with Crippen molar-refractivity contribution in [2.45, 2.75) is 24.5 Å². The molecule has 0 unspecified atom stereocenters. The molecule has 10 heteroatoms. The van der Waals surface area contributed by atoms with Gasteiger partial charge in [-0.25, -0.2) is 4.31 Å². The molecule has 1 aliphatic heterocycles. The van der Waals surface area contributed by atoms with Crippen LogP contribution in [0.5, 0.6) is 11.5 Å². The molecule has 4 aromatic rings. The first-order valence-corrected chi connectivity index (χ1v) is 11.9. The number of fused-ring (bicyclic) bond motifs is 2. The monoisotopic (exact) mass is 481 g/mol. The highest BCUT2D eigenvalue weighted by molar-refractivity contribution is 8.00. The Labute approximate surface area is 200 Å². The van der Waals surface area contributed by atoms with Gasteiger partial charge in [0.15, 0.2) is 11.4 Å². The van der Waals surface area contributed by atoms with Gasteiger partial charge in [0.2, 0.25) is 0 Å². The SMILES string of the molecule is C=CSN1Cc2cn(Cc3cc(OC)c4c(NSc5ccccc5OC)noc4c3)nc2C1. The van der Waals surface area contributed by atoms with Crippen molar-refractivity contribution in [3.8, 4) is 11.5 Å². The van der Waals surface area contributed by atoms with Crippen molar-refractivity contribution >= 4 is 40.7 Å². The third kappa shape index (κ3) is 4.41. The van der Waals surface area contributed by atoms with Gasteiger partial charge in [0.1, 0.15) is 16.9 Å². The minimum Gasteiger partial charge on any atom is -0.496 e. The normalized spacial score (nSPS) is 13.3. The Morgan fingerprint density at radius 1 is 1.18 bits per heavy atom. The van der Waals surface area contributed by atoms with Gasteiger partial charge in [-0.15, -0.1) is 0 Å². The van der Waals surface area contributed by atoms with Crippen LogP contribution in [0, 0.1) is 0 Å². The van der Waals surface area contributed by atoms with E-state index in [-0.39, 0.29) is 0 Å². The lowest BCUT2D eigenvalue weighted by Gasteiger charge is -2.11. The van der Waals surface area contributed by atoms with E-state index in [1.165, 1.54) is 17.5 Å². The lowest BCUT2D eigenvalue weighted by molar-refractivity contribution is 0.405. The molecule has 0 saturated heterocycles. The maximum Gasteiger partial charge on any atom is 0.191 e. The van der Waals surface area contributed by atoms with Gasteiger partial charge in [0, 0.05) is 18.3 Å². The van der Waals surface area contributed by atoms with Gasteiger partial charge in [0.25, 0.3) is 0 Å². The van der Waals surface area contributed by atoms with Crippen LogP contribution in [0.1, 0.15) is 16.8 Å². The molecule has 3 heterocycles. The summed E-state index contributed by atoms with van der Waals surface area (Å²) in [4.78, 5) is 0.948. The van der Waals surface area contributed by atoms with Crippen LogP contribution < -0.4 is 14.2 Å². The summed E-state index contributed by atoms with van der Waals surface area (Å²) in [6.07, 6.45) is 2.10. The van der Waals surface area contributed by atoms with E-state index < -0.39 is 0 Å². The van der Waals surface area contributed by atoms with E-state index in [2.05, 4.69) is 27.0 Å². The Morgan fingerprint density at radius 3 is 2.82 bits per heavy atom. The summed E-state index contributed by atoms with van der Waals surface area (Å²) < 4.78 is 24.2. The van der Waals surface area contributed by atoms with Crippen molar-refractivity contribution in [1.29, 1.82) is 0 Å². The second kappa shape index (κ2) is 9.42. The summed E-state index contributed by atoms with van der Waals surface area (Å²) in [5.41, 5.74) is 4.03. The van der Waals surface area contributed by atoms with Gasteiger partial charge in [0.05, 0.1) is 37.9 Å². The van der Waals surface area contributed by atoms with Crippen LogP contribution in [-0.4, -0.2) is 33.5 Å². The maximum absolute atomic E-state index is 5.68. The third-order valence-corrected chi connectivity index (χ3v) is 6.87. The molecule has 0 amide bonds. The number of aromatic nitrogens is 3. The molecule has 0 fully saturated rings. The van der Waals surface area contributed by atoms with E-state index >= 15 is 0 Å². The summed E-state index contributed by atoms with van der Waals surface area (Å²) in [6.45, 7) is 6.09. The van der Waals surface area contributed by atoms with Crippen molar-refractivity contribution in [3.63, 3.8) is 0 Å². The molecule has 5 rings (SSSR count). The highest BCUT2D eigenvalue weighted by Crippen LogP contribution is 2.37. The Balaban J connectivity index is 1.35. The van der Waals surface area contributed by atoms with Crippen LogP contribution in [0.3, 0.4) is 0 Å². The number of hydrogen-bond acceptors (Lipinski definition) is 9. The summed E-state index contributed by atoms with van der Waals surface area (Å²) in [5.74, 6) is 2.08. The van der Waals surface area contributed by atoms with Gasteiger partial charge in [-0.1, -0.05) is 35.8 Å². The largest absolute Gasteiger partial charge is 0.496 e. The minimum atomic E-state index is 0.599. The van der Waals surface area contributed by atoms with Crippen LogP contribution in [-0.2, 0) is 19.6 Å². The number of anilines is 1. The molecule has 2 aromatic heterocycles. The second-order valence-electron chi connectivity index (χ2n) is 7.43. The predicted molar refractivity (Wildman–Crippen MR) is 131 cm³/mol. The number of ether oxygens (including phenoxy) is 2. The average Bonchev–Trinajstić information content (AvgIpc) is 3.50. The predicted octanol–water partition coefficient (Wildman–Crippen LogP) is 5.32. The van der Waals surface area contributed by atoms with E-state index in [0.717, 1.165) is 40.4 Å². The first kappa shape index (κ1) is 21.7. The summed E-state index contributed by atoms with van der Waals surface area (Å²) in [5, 5.41) is 11.6. The molecule has 0 radical (unpaired) electrons. The lowest BCUT2D eigenvalue weighted by atomic mass is 10.1. The molecule has 170 valence electrons. The van der Waals surface area contributed by atoms with E-state index in [9.17, 15) is 0 Å². The molecule has 8 nitrogen and oxygen atoms in total. The molecule has 0 atom stereocenters. The van der Waals surface area contributed by atoms with Crippen molar-refractivity contribution in [2.24, 2.45) is 0 Å². The number of hydrogen-bond donors (Lipinski definition) is 1. The highest BCUT2D eigenvalue weighted by Gasteiger charge is 2.23. The molecule has 0 aliphatic carbocycles. The molecule has 2 aromatic carbocycles. The number of nitrogens with zero attached hydrogens (tertiary/aromatic N) is 4. The Morgan fingerprint density at radius 2 is 2.03 bits per heavy atom. The van der Waals surface area contributed by atoms with Crippen molar-refractivity contribution in [2.75, 3.05) is 18.9 Å². The van der Waals surface area contributed by atoms with Gasteiger partial charge in [-0.05, 0) is 47.2 Å².